The summed E-state index contributed by atoms with van der Waals surface area (Å²) in [5, 5.41) is 0. The zero-order valence-corrected chi connectivity index (χ0v) is 6.09. The Kier molecular flexibility index (Phi) is 9.05. The number of rotatable bonds is 1. The highest BCUT2D eigenvalue weighted by Gasteiger charge is 1.73. The summed E-state index contributed by atoms with van der Waals surface area (Å²) in [6, 6.07) is 0. The third-order valence-corrected chi connectivity index (χ3v) is 0.697. The molecule has 0 fully saturated rings. The lowest BCUT2D eigenvalue weighted by Gasteiger charge is -1.82. The van der Waals surface area contributed by atoms with E-state index >= 15 is 0 Å². The molecule has 1 nitrogen and oxygen atoms in total. The molecule has 0 saturated heterocycles. The van der Waals surface area contributed by atoms with Crippen LogP contribution in [0.15, 0.2) is 17.4 Å². The summed E-state index contributed by atoms with van der Waals surface area (Å²) in [7, 11) is 0. The van der Waals surface area contributed by atoms with E-state index in [9.17, 15) is 0 Å². The number of hydrogen-bond acceptors (Lipinski definition) is 1. The van der Waals surface area contributed by atoms with E-state index in [0.717, 1.165) is 5.57 Å². The van der Waals surface area contributed by atoms with Crippen molar-refractivity contribution in [1.29, 1.82) is 0 Å². The van der Waals surface area contributed by atoms with Crippen molar-refractivity contribution in [2.24, 2.45) is 5.73 Å². The molecule has 0 bridgehead atoms. The van der Waals surface area contributed by atoms with Crippen LogP contribution >= 0.6 is 12.4 Å². The topological polar surface area (TPSA) is 26.0 Å². The second kappa shape index (κ2) is 6.77. The summed E-state index contributed by atoms with van der Waals surface area (Å²) >= 11 is 0. The van der Waals surface area contributed by atoms with Crippen molar-refractivity contribution in [3.63, 3.8) is 0 Å². The minimum Gasteiger partial charge on any atom is -0.326 e. The monoisotopic (exact) mass is 133 g/mol. The Bertz CT molecular complexity index is 101. The fourth-order valence-corrected chi connectivity index (χ4v) is 0.305. The van der Waals surface area contributed by atoms with Crippen molar-refractivity contribution in [3.05, 3.63) is 17.4 Å². The molecule has 0 aromatic carbocycles. The van der Waals surface area contributed by atoms with Crippen molar-refractivity contribution in [1.82, 2.24) is 0 Å². The summed E-state index contributed by atoms with van der Waals surface area (Å²) in [5.41, 5.74) is 9.30. The molecular weight excluding hydrogens is 122 g/mol. The molecule has 0 amide bonds. The van der Waals surface area contributed by atoms with Crippen LogP contribution in [0.4, 0.5) is 0 Å². The van der Waals surface area contributed by atoms with Crippen molar-refractivity contribution < 1.29 is 0 Å². The van der Waals surface area contributed by atoms with Crippen LogP contribution < -0.4 is 5.73 Å². The second-order valence-electron chi connectivity index (χ2n) is 1.42. The first-order valence-corrected chi connectivity index (χ1v) is 2.38. The molecular formula is C6H12ClN. The van der Waals surface area contributed by atoms with E-state index in [2.05, 4.69) is 5.73 Å². The Hall–Kier alpha value is -0.230. The minimum absolute atomic E-state index is 0. The van der Waals surface area contributed by atoms with Gasteiger partial charge in [0.15, 0.2) is 0 Å². The van der Waals surface area contributed by atoms with Gasteiger partial charge in [0.05, 0.1) is 0 Å². The molecule has 0 aromatic rings. The van der Waals surface area contributed by atoms with E-state index in [-0.39, 0.29) is 12.4 Å². The molecule has 0 atom stereocenters. The van der Waals surface area contributed by atoms with E-state index in [0.29, 0.717) is 6.54 Å². The van der Waals surface area contributed by atoms with Crippen molar-refractivity contribution in [2.75, 3.05) is 6.54 Å². The highest BCUT2D eigenvalue weighted by atomic mass is 35.5. The van der Waals surface area contributed by atoms with Gasteiger partial charge in [0.2, 0.25) is 0 Å². The van der Waals surface area contributed by atoms with Gasteiger partial charge in [-0.3, -0.25) is 0 Å². The second-order valence-corrected chi connectivity index (χ2v) is 1.42. The summed E-state index contributed by atoms with van der Waals surface area (Å²) in [5.74, 6) is 0. The molecule has 48 valence electrons. The normalized spacial score (nSPS) is 6.38. The molecule has 0 aliphatic heterocycles. The Morgan fingerprint density at radius 3 is 2.38 bits per heavy atom. The van der Waals surface area contributed by atoms with Crippen LogP contribution in [-0.4, -0.2) is 6.54 Å². The van der Waals surface area contributed by atoms with E-state index in [1.165, 1.54) is 0 Å². The molecule has 0 heterocycles. The summed E-state index contributed by atoms with van der Waals surface area (Å²) in [6.07, 6.45) is 1.86. The lowest BCUT2D eigenvalue weighted by molar-refractivity contribution is 1.14. The van der Waals surface area contributed by atoms with Gasteiger partial charge >= 0.3 is 0 Å². The Morgan fingerprint density at radius 1 is 1.75 bits per heavy atom. The van der Waals surface area contributed by atoms with Crippen molar-refractivity contribution in [2.45, 2.75) is 13.8 Å². The van der Waals surface area contributed by atoms with Gasteiger partial charge in [-0.05, 0) is 25.5 Å². The highest BCUT2D eigenvalue weighted by molar-refractivity contribution is 5.85. The minimum atomic E-state index is 0. The van der Waals surface area contributed by atoms with Crippen LogP contribution in [-0.2, 0) is 0 Å². The molecule has 0 rings (SSSR count). The van der Waals surface area contributed by atoms with Gasteiger partial charge in [-0.1, -0.05) is 0 Å². The van der Waals surface area contributed by atoms with E-state index in [4.69, 9.17) is 5.73 Å². The van der Waals surface area contributed by atoms with Crippen LogP contribution in [0, 0.1) is 0 Å². The SMILES string of the molecule is CC=C=C(C)CN.Cl. The largest absolute Gasteiger partial charge is 0.326 e. The molecule has 0 unspecified atom stereocenters. The third-order valence-electron chi connectivity index (χ3n) is 0.697. The maximum Gasteiger partial charge on any atom is 0.0210 e. The maximum atomic E-state index is 5.24. The summed E-state index contributed by atoms with van der Waals surface area (Å²) in [6.45, 7) is 4.50. The van der Waals surface area contributed by atoms with Crippen LogP contribution in [0.5, 0.6) is 0 Å². The van der Waals surface area contributed by atoms with Gasteiger partial charge in [-0.2, -0.15) is 0 Å². The number of halogens is 1. The molecule has 2 N–H and O–H groups in total. The smallest absolute Gasteiger partial charge is 0.0210 e. The Labute approximate surface area is 56.7 Å². The predicted molar refractivity (Wildman–Crippen MR) is 39.2 cm³/mol. The third kappa shape index (κ3) is 5.77. The predicted octanol–water partition coefficient (Wildman–Crippen LogP) is 1.49. The van der Waals surface area contributed by atoms with Crippen molar-refractivity contribution >= 4 is 12.4 Å². The van der Waals surface area contributed by atoms with Crippen LogP contribution in [0.1, 0.15) is 13.8 Å². The standard InChI is InChI=1S/C6H11N.ClH/c1-3-4-6(2)5-7;/h3H,5,7H2,1-2H3;1H. The first kappa shape index (κ1) is 10.7. The fourth-order valence-electron chi connectivity index (χ4n) is 0.305. The van der Waals surface area contributed by atoms with E-state index < -0.39 is 0 Å². The lowest BCUT2D eigenvalue weighted by atomic mass is 10.3. The molecule has 0 radical (unpaired) electrons. The summed E-state index contributed by atoms with van der Waals surface area (Å²) < 4.78 is 0. The molecule has 0 aromatic heterocycles. The van der Waals surface area contributed by atoms with Crippen LogP contribution in [0.3, 0.4) is 0 Å². The lowest BCUT2D eigenvalue weighted by Crippen LogP contribution is -1.97. The van der Waals surface area contributed by atoms with E-state index in [1.54, 1.807) is 0 Å². The maximum absolute atomic E-state index is 5.24. The zero-order valence-electron chi connectivity index (χ0n) is 5.27. The summed E-state index contributed by atoms with van der Waals surface area (Å²) in [4.78, 5) is 0. The Balaban J connectivity index is 0. The molecule has 0 saturated carbocycles. The van der Waals surface area contributed by atoms with E-state index in [1.807, 2.05) is 19.9 Å². The van der Waals surface area contributed by atoms with Crippen LogP contribution in [0.25, 0.3) is 0 Å². The first-order chi connectivity index (χ1) is 3.31. The van der Waals surface area contributed by atoms with Crippen LogP contribution in [0.2, 0.25) is 0 Å². The van der Waals surface area contributed by atoms with Gasteiger partial charge in [0.25, 0.3) is 0 Å². The quantitative estimate of drug-likeness (QED) is 0.539. The molecule has 0 aliphatic carbocycles. The van der Waals surface area contributed by atoms with Gasteiger partial charge < -0.3 is 5.73 Å². The number of nitrogens with two attached hydrogens (primary N) is 1. The molecule has 2 heteroatoms. The Morgan fingerprint density at radius 2 is 2.25 bits per heavy atom. The average molecular weight is 134 g/mol. The molecule has 0 spiro atoms. The average Bonchev–Trinajstić information content (AvgIpc) is 1.68. The molecule has 0 aliphatic rings. The first-order valence-electron chi connectivity index (χ1n) is 2.38. The highest BCUT2D eigenvalue weighted by Crippen LogP contribution is 1.80. The fraction of sp³-hybridized carbons (Fsp3) is 0.500. The zero-order chi connectivity index (χ0) is 5.70. The van der Waals surface area contributed by atoms with Gasteiger partial charge in [-0.25, -0.2) is 0 Å². The molecule has 8 heavy (non-hydrogen) atoms. The van der Waals surface area contributed by atoms with Crippen molar-refractivity contribution in [3.8, 4) is 0 Å². The number of hydrogen-bond donors (Lipinski definition) is 1. The van der Waals surface area contributed by atoms with Gasteiger partial charge in [0.1, 0.15) is 0 Å². The van der Waals surface area contributed by atoms with Gasteiger partial charge in [-0.15, -0.1) is 18.1 Å². The van der Waals surface area contributed by atoms with Gasteiger partial charge in [0, 0.05) is 6.54 Å².